The first-order valence-corrected chi connectivity index (χ1v) is 13.6. The molecule has 0 radical (unpaired) electrons. The molecule has 0 bridgehead atoms. The number of nitrogens with one attached hydrogen (secondary N) is 2. The van der Waals surface area contributed by atoms with Crippen molar-refractivity contribution >= 4 is 44.3 Å². The summed E-state index contributed by atoms with van der Waals surface area (Å²) < 4.78 is 0.692. The van der Waals surface area contributed by atoms with Crippen molar-refractivity contribution in [3.8, 4) is 0 Å². The monoisotopic (exact) mass is 513 g/mol. The van der Waals surface area contributed by atoms with Gasteiger partial charge in [0, 0.05) is 30.9 Å². The number of anilines is 1. The summed E-state index contributed by atoms with van der Waals surface area (Å²) >= 11 is 1.42. The largest absolute Gasteiger partial charge is 0.478 e. The zero-order valence-electron chi connectivity index (χ0n) is 22.2. The summed E-state index contributed by atoms with van der Waals surface area (Å²) in [7, 11) is 0. The second-order valence-electron chi connectivity index (χ2n) is 9.93. The molecule has 1 saturated heterocycles. The van der Waals surface area contributed by atoms with Crippen LogP contribution in [0.3, 0.4) is 0 Å². The molecule has 2 aromatic rings. The molecule has 0 spiro atoms. The summed E-state index contributed by atoms with van der Waals surface area (Å²) in [4.78, 5) is 36.1. The molecule has 3 N–H and O–H groups in total. The first kappa shape index (κ1) is 27.8. The van der Waals surface area contributed by atoms with Crippen LogP contribution in [0.25, 0.3) is 10.2 Å². The van der Waals surface area contributed by atoms with Crippen molar-refractivity contribution in [1.82, 2.24) is 15.6 Å². The maximum atomic E-state index is 13.0. The first-order chi connectivity index (χ1) is 17.1. The van der Waals surface area contributed by atoms with E-state index in [1.165, 1.54) is 16.9 Å². The lowest BCUT2D eigenvalue weighted by atomic mass is 9.98. The van der Waals surface area contributed by atoms with Crippen LogP contribution in [0.5, 0.6) is 0 Å². The molecule has 196 valence electrons. The number of rotatable bonds is 10. The number of carbonyl (C=O) groups excluding carboxylic acids is 1. The Balaban J connectivity index is 1.78. The minimum Gasteiger partial charge on any atom is -0.478 e. The molecular formula is C27H39N5O3S. The molecule has 2 unspecified atom stereocenters. The van der Waals surface area contributed by atoms with Gasteiger partial charge in [0.05, 0.1) is 15.8 Å². The van der Waals surface area contributed by atoms with Crippen molar-refractivity contribution in [3.05, 3.63) is 35.0 Å². The fraction of sp³-hybridized carbons (Fsp3) is 0.556. The van der Waals surface area contributed by atoms with Crippen LogP contribution in [-0.2, 0) is 4.79 Å². The van der Waals surface area contributed by atoms with Gasteiger partial charge in [-0.05, 0) is 64.6 Å². The number of fused-ring (bicyclic) bond motifs is 1. The Kier molecular flexibility index (Phi) is 9.62. The van der Waals surface area contributed by atoms with Crippen molar-refractivity contribution in [3.63, 3.8) is 0 Å². The molecule has 1 aromatic heterocycles. The fourth-order valence-electron chi connectivity index (χ4n) is 4.23. The highest BCUT2D eigenvalue weighted by atomic mass is 32.1. The van der Waals surface area contributed by atoms with Crippen molar-refractivity contribution < 1.29 is 14.7 Å². The number of piperidine rings is 1. The van der Waals surface area contributed by atoms with Gasteiger partial charge < -0.3 is 20.6 Å². The summed E-state index contributed by atoms with van der Waals surface area (Å²) in [5.41, 5.74) is 3.51. The van der Waals surface area contributed by atoms with Gasteiger partial charge in [-0.3, -0.25) is 9.79 Å². The van der Waals surface area contributed by atoms with Gasteiger partial charge in [0.15, 0.2) is 5.13 Å². The number of aromatic carboxylic acids is 1. The number of amides is 1. The van der Waals surface area contributed by atoms with Crippen LogP contribution >= 0.6 is 11.3 Å². The number of nitrogens with zero attached hydrogens (tertiary/aromatic N) is 3. The van der Waals surface area contributed by atoms with E-state index in [-0.39, 0.29) is 23.6 Å². The molecule has 3 rings (SSSR count). The Bertz CT molecular complexity index is 1150. The molecule has 1 amide bonds. The quantitative estimate of drug-likeness (QED) is 0.392. The number of aromatic nitrogens is 1. The SMILES string of the molecule is CC/C(C)=C(C)/N=C(\C)C(=O)NC1CCN(c2nc3cccc(C(=O)O)c3s2)CC1NCCC(C)C. The van der Waals surface area contributed by atoms with Gasteiger partial charge in [0.25, 0.3) is 5.91 Å². The molecule has 0 saturated carbocycles. The first-order valence-electron chi connectivity index (χ1n) is 12.7. The minimum absolute atomic E-state index is 0.0356. The fourth-order valence-corrected chi connectivity index (χ4v) is 5.34. The number of thiazole rings is 1. The minimum atomic E-state index is -0.943. The Hall–Kier alpha value is -2.78. The van der Waals surface area contributed by atoms with E-state index in [9.17, 15) is 14.7 Å². The highest BCUT2D eigenvalue weighted by Crippen LogP contribution is 2.33. The lowest BCUT2D eigenvalue weighted by Crippen LogP contribution is -2.60. The van der Waals surface area contributed by atoms with E-state index in [4.69, 9.17) is 4.98 Å². The topological polar surface area (TPSA) is 107 Å². The summed E-state index contributed by atoms with van der Waals surface area (Å²) in [5, 5.41) is 17.2. The van der Waals surface area contributed by atoms with Crippen molar-refractivity contribution in [2.45, 2.75) is 72.9 Å². The van der Waals surface area contributed by atoms with Gasteiger partial charge in [-0.1, -0.05) is 43.7 Å². The number of aliphatic imine (C=N–C) groups is 1. The Morgan fingerprint density at radius 1 is 1.25 bits per heavy atom. The average molecular weight is 514 g/mol. The maximum Gasteiger partial charge on any atom is 0.337 e. The van der Waals surface area contributed by atoms with Gasteiger partial charge in [-0.15, -0.1) is 0 Å². The van der Waals surface area contributed by atoms with Crippen LogP contribution in [0.4, 0.5) is 5.13 Å². The van der Waals surface area contributed by atoms with Crippen molar-refractivity contribution in [1.29, 1.82) is 0 Å². The second-order valence-corrected chi connectivity index (χ2v) is 10.9. The predicted molar refractivity (Wildman–Crippen MR) is 148 cm³/mol. The number of carbonyl (C=O) groups is 2. The molecule has 8 nitrogen and oxygen atoms in total. The normalized spacial score (nSPS) is 19.5. The Labute approximate surface area is 217 Å². The lowest BCUT2D eigenvalue weighted by Gasteiger charge is -2.39. The average Bonchev–Trinajstić information content (AvgIpc) is 3.28. The molecule has 1 fully saturated rings. The van der Waals surface area contributed by atoms with Crippen molar-refractivity contribution in [2.24, 2.45) is 10.9 Å². The molecular weight excluding hydrogens is 474 g/mol. The molecule has 0 aliphatic carbocycles. The Morgan fingerprint density at radius 3 is 2.67 bits per heavy atom. The van der Waals surface area contributed by atoms with Crippen LogP contribution in [-0.4, -0.2) is 59.4 Å². The second kappa shape index (κ2) is 12.5. The van der Waals surface area contributed by atoms with Crippen LogP contribution in [0.2, 0.25) is 0 Å². The molecule has 2 heterocycles. The van der Waals surface area contributed by atoms with Gasteiger partial charge in [0.2, 0.25) is 0 Å². The van der Waals surface area contributed by atoms with E-state index in [1.807, 2.05) is 19.9 Å². The van der Waals surface area contributed by atoms with Crippen LogP contribution < -0.4 is 15.5 Å². The summed E-state index contributed by atoms with van der Waals surface area (Å²) in [6, 6.07) is 5.20. The lowest BCUT2D eigenvalue weighted by molar-refractivity contribution is -0.115. The zero-order valence-corrected chi connectivity index (χ0v) is 23.0. The molecule has 2 atom stereocenters. The number of allylic oxidation sites excluding steroid dienone is 2. The van der Waals surface area contributed by atoms with Crippen molar-refractivity contribution in [2.75, 3.05) is 24.5 Å². The third-order valence-electron chi connectivity index (χ3n) is 6.77. The van der Waals surface area contributed by atoms with E-state index in [0.29, 0.717) is 28.4 Å². The number of hydrogen-bond donors (Lipinski definition) is 3. The third kappa shape index (κ3) is 6.91. The highest BCUT2D eigenvalue weighted by Gasteiger charge is 2.32. The molecule has 1 aliphatic rings. The van der Waals surface area contributed by atoms with Gasteiger partial charge in [0.1, 0.15) is 5.71 Å². The van der Waals surface area contributed by atoms with E-state index in [0.717, 1.165) is 43.2 Å². The standard InChI is InChI=1S/C27H39N5O3S/c1-7-17(4)18(5)29-19(6)25(33)30-21-12-14-32(15-23(21)28-13-11-16(2)3)27-31-22-10-8-9-20(26(34)35)24(22)36-27/h8-10,16,21,23,28H,7,11-15H2,1-6H3,(H,30,33)(H,34,35)/b18-17+,29-19+. The molecule has 36 heavy (non-hydrogen) atoms. The molecule has 1 aromatic carbocycles. The van der Waals surface area contributed by atoms with Gasteiger partial charge >= 0.3 is 5.97 Å². The Morgan fingerprint density at radius 2 is 2.00 bits per heavy atom. The number of carboxylic acid groups (broad SMARTS) is 1. The van der Waals surface area contributed by atoms with E-state index in [1.54, 1.807) is 19.1 Å². The number of hydrogen-bond acceptors (Lipinski definition) is 7. The van der Waals surface area contributed by atoms with Crippen LogP contribution in [0.1, 0.15) is 71.2 Å². The molecule has 1 aliphatic heterocycles. The van der Waals surface area contributed by atoms with E-state index >= 15 is 0 Å². The molecule has 9 heteroatoms. The van der Waals surface area contributed by atoms with Gasteiger partial charge in [-0.25, -0.2) is 9.78 Å². The third-order valence-corrected chi connectivity index (χ3v) is 7.94. The van der Waals surface area contributed by atoms with Gasteiger partial charge in [-0.2, -0.15) is 0 Å². The predicted octanol–water partition coefficient (Wildman–Crippen LogP) is 4.86. The smallest absolute Gasteiger partial charge is 0.337 e. The zero-order chi connectivity index (χ0) is 26.4. The number of carboxylic acids is 1. The van der Waals surface area contributed by atoms with E-state index in [2.05, 4.69) is 41.3 Å². The number of benzene rings is 1. The summed E-state index contributed by atoms with van der Waals surface area (Å²) in [6.45, 7) is 14.5. The summed E-state index contributed by atoms with van der Waals surface area (Å²) in [6.07, 6.45) is 2.70. The van der Waals surface area contributed by atoms with Crippen LogP contribution in [0.15, 0.2) is 34.5 Å². The van der Waals surface area contributed by atoms with E-state index < -0.39 is 5.97 Å². The van der Waals surface area contributed by atoms with Crippen LogP contribution in [0, 0.1) is 5.92 Å². The summed E-state index contributed by atoms with van der Waals surface area (Å²) in [5.74, 6) is -0.505. The highest BCUT2D eigenvalue weighted by molar-refractivity contribution is 7.22. The maximum absolute atomic E-state index is 13.0.